The molecule has 0 aliphatic carbocycles. The minimum Gasteiger partial charge on any atom is -0.493 e. The molecule has 2 aromatic carbocycles. The lowest BCUT2D eigenvalue weighted by molar-refractivity contribution is 0.354. The molecule has 1 heterocycles. The lowest BCUT2D eigenvalue weighted by atomic mass is 9.94. The first kappa shape index (κ1) is 15.6. The third-order valence-electron chi connectivity index (χ3n) is 3.75. The van der Waals surface area contributed by atoms with Gasteiger partial charge in [-0.3, -0.25) is 0 Å². The van der Waals surface area contributed by atoms with Crippen LogP contribution in [-0.4, -0.2) is 25.6 Å². The number of rotatable bonds is 3. The normalized spacial score (nSPS) is 13.6. The maximum atomic E-state index is 5.99. The van der Waals surface area contributed by atoms with E-state index >= 15 is 0 Å². The fourth-order valence-electron chi connectivity index (χ4n) is 2.61. The van der Waals surface area contributed by atoms with Crippen LogP contribution in [0, 0.1) is 0 Å². The van der Waals surface area contributed by atoms with Crippen molar-refractivity contribution >= 4 is 23.0 Å². The zero-order valence-corrected chi connectivity index (χ0v) is 14.0. The summed E-state index contributed by atoms with van der Waals surface area (Å²) < 4.78 is 10.8. The molecule has 0 spiro atoms. The van der Waals surface area contributed by atoms with E-state index in [1.165, 1.54) is 0 Å². The number of halogens is 1. The monoisotopic (exact) mass is 328 g/mol. The summed E-state index contributed by atoms with van der Waals surface area (Å²) in [6, 6.07) is 11.5. The van der Waals surface area contributed by atoms with Gasteiger partial charge in [-0.1, -0.05) is 23.7 Å². The second-order valence-corrected chi connectivity index (χ2v) is 5.77. The predicted octanol–water partition coefficient (Wildman–Crippen LogP) is 4.13. The van der Waals surface area contributed by atoms with Crippen LogP contribution in [0.25, 0.3) is 0 Å². The maximum absolute atomic E-state index is 5.99. The van der Waals surface area contributed by atoms with Crippen LogP contribution < -0.4 is 9.47 Å². The Morgan fingerprint density at radius 1 is 0.957 bits per heavy atom. The largest absolute Gasteiger partial charge is 0.493 e. The maximum Gasteiger partial charge on any atom is 0.161 e. The van der Waals surface area contributed by atoms with E-state index < -0.39 is 0 Å². The van der Waals surface area contributed by atoms with Gasteiger partial charge in [-0.15, -0.1) is 5.10 Å². The molecule has 5 heteroatoms. The highest BCUT2D eigenvalue weighted by atomic mass is 35.5. The molecule has 4 nitrogen and oxygen atoms in total. The Balaban J connectivity index is 2.20. The molecule has 3 rings (SSSR count). The van der Waals surface area contributed by atoms with Crippen molar-refractivity contribution in [2.75, 3.05) is 14.2 Å². The van der Waals surface area contributed by atoms with Gasteiger partial charge in [0, 0.05) is 28.3 Å². The second kappa shape index (κ2) is 6.42. The van der Waals surface area contributed by atoms with Gasteiger partial charge in [-0.25, -0.2) is 0 Å². The predicted molar refractivity (Wildman–Crippen MR) is 93.5 cm³/mol. The summed E-state index contributed by atoms with van der Waals surface area (Å²) in [6.07, 6.45) is 0.719. The average Bonchev–Trinajstić information content (AvgIpc) is 2.72. The second-order valence-electron chi connectivity index (χ2n) is 5.33. The first-order chi connectivity index (χ1) is 11.1. The number of hydrogen-bond donors (Lipinski definition) is 0. The van der Waals surface area contributed by atoms with Gasteiger partial charge in [-0.2, -0.15) is 5.10 Å². The molecule has 1 aliphatic rings. The molecule has 0 radical (unpaired) electrons. The van der Waals surface area contributed by atoms with Crippen LogP contribution in [0.1, 0.15) is 23.6 Å². The van der Waals surface area contributed by atoms with Crippen LogP contribution in [0.4, 0.5) is 0 Å². The molecule has 1 aliphatic heterocycles. The molecule has 0 bridgehead atoms. The van der Waals surface area contributed by atoms with Crippen molar-refractivity contribution in [3.8, 4) is 11.5 Å². The van der Waals surface area contributed by atoms with E-state index in [0.717, 1.165) is 34.5 Å². The summed E-state index contributed by atoms with van der Waals surface area (Å²) in [5.41, 5.74) is 4.80. The molecule has 0 atom stereocenters. The molecule has 0 fully saturated rings. The Kier molecular flexibility index (Phi) is 4.35. The fraction of sp³-hybridized carbons (Fsp3) is 0.222. The van der Waals surface area contributed by atoms with Crippen LogP contribution in [0.15, 0.2) is 46.6 Å². The van der Waals surface area contributed by atoms with E-state index in [1.54, 1.807) is 14.2 Å². The van der Waals surface area contributed by atoms with E-state index in [4.69, 9.17) is 21.1 Å². The summed E-state index contributed by atoms with van der Waals surface area (Å²) in [7, 11) is 3.26. The smallest absolute Gasteiger partial charge is 0.161 e. The number of fused-ring (bicyclic) bond motifs is 1. The molecule has 23 heavy (non-hydrogen) atoms. The van der Waals surface area contributed by atoms with Crippen LogP contribution in [-0.2, 0) is 6.42 Å². The van der Waals surface area contributed by atoms with Crippen LogP contribution in [0.2, 0.25) is 5.02 Å². The lowest BCUT2D eigenvalue weighted by Gasteiger charge is -2.14. The van der Waals surface area contributed by atoms with E-state index in [2.05, 4.69) is 10.2 Å². The van der Waals surface area contributed by atoms with Crippen molar-refractivity contribution in [3.05, 3.63) is 58.1 Å². The van der Waals surface area contributed by atoms with E-state index in [9.17, 15) is 0 Å². The van der Waals surface area contributed by atoms with Gasteiger partial charge in [-0.05, 0) is 36.8 Å². The van der Waals surface area contributed by atoms with Crippen molar-refractivity contribution in [2.45, 2.75) is 13.3 Å². The molecular formula is C18H17ClN2O2. The highest BCUT2D eigenvalue weighted by Gasteiger charge is 2.19. The molecule has 0 aromatic heterocycles. The molecule has 0 saturated heterocycles. The van der Waals surface area contributed by atoms with Gasteiger partial charge >= 0.3 is 0 Å². The van der Waals surface area contributed by atoms with Crippen molar-refractivity contribution < 1.29 is 9.47 Å². The summed E-state index contributed by atoms with van der Waals surface area (Å²) in [6.45, 7) is 1.97. The summed E-state index contributed by atoms with van der Waals surface area (Å²) in [4.78, 5) is 0. The van der Waals surface area contributed by atoms with E-state index in [-0.39, 0.29) is 0 Å². The van der Waals surface area contributed by atoms with Gasteiger partial charge in [0.25, 0.3) is 0 Å². The fourth-order valence-corrected chi connectivity index (χ4v) is 2.73. The molecule has 118 valence electrons. The number of benzene rings is 2. The first-order valence-electron chi connectivity index (χ1n) is 7.24. The molecule has 2 aromatic rings. The zero-order chi connectivity index (χ0) is 16.4. The Morgan fingerprint density at radius 3 is 2.26 bits per heavy atom. The minimum absolute atomic E-state index is 0.674. The van der Waals surface area contributed by atoms with Crippen molar-refractivity contribution in [2.24, 2.45) is 10.2 Å². The van der Waals surface area contributed by atoms with E-state index in [0.29, 0.717) is 16.5 Å². The Hall–Kier alpha value is -2.33. The lowest BCUT2D eigenvalue weighted by Crippen LogP contribution is -2.08. The van der Waals surface area contributed by atoms with Crippen molar-refractivity contribution in [3.63, 3.8) is 0 Å². The molecule has 0 N–H and O–H groups in total. The van der Waals surface area contributed by atoms with Gasteiger partial charge in [0.05, 0.1) is 14.2 Å². The van der Waals surface area contributed by atoms with E-state index in [1.807, 2.05) is 43.3 Å². The Bertz CT molecular complexity index is 795. The molecule has 0 amide bonds. The number of methoxy groups -OCH3 is 2. The summed E-state index contributed by atoms with van der Waals surface area (Å²) in [5.74, 6) is 1.38. The Morgan fingerprint density at radius 2 is 1.61 bits per heavy atom. The van der Waals surface area contributed by atoms with Crippen LogP contribution >= 0.6 is 11.6 Å². The van der Waals surface area contributed by atoms with Crippen molar-refractivity contribution in [1.29, 1.82) is 0 Å². The standard InChI is InChI=1S/C18H17ClN2O2/c1-11-8-13-9-16(22-2)17(23-3)10-15(13)18(21-20-11)12-4-6-14(19)7-5-12/h4-7,9-10H,8H2,1-3H3. The summed E-state index contributed by atoms with van der Waals surface area (Å²) >= 11 is 5.99. The van der Waals surface area contributed by atoms with Crippen molar-refractivity contribution in [1.82, 2.24) is 0 Å². The zero-order valence-electron chi connectivity index (χ0n) is 13.3. The third kappa shape index (κ3) is 3.08. The van der Waals surface area contributed by atoms with Gasteiger partial charge in [0.1, 0.15) is 5.71 Å². The highest BCUT2D eigenvalue weighted by Crippen LogP contribution is 2.33. The number of nitrogens with zero attached hydrogens (tertiary/aromatic N) is 2. The molecule has 0 saturated carbocycles. The molecular weight excluding hydrogens is 312 g/mol. The van der Waals surface area contributed by atoms with Gasteiger partial charge < -0.3 is 9.47 Å². The quantitative estimate of drug-likeness (QED) is 0.850. The molecule has 0 unspecified atom stereocenters. The Labute approximate surface area is 140 Å². The summed E-state index contributed by atoms with van der Waals surface area (Å²) in [5, 5.41) is 9.45. The SMILES string of the molecule is COc1cc2c(cc1OC)C(c1ccc(Cl)cc1)=NN=C(C)C2. The number of hydrogen-bond acceptors (Lipinski definition) is 4. The first-order valence-corrected chi connectivity index (χ1v) is 7.62. The minimum atomic E-state index is 0.674. The van der Waals surface area contributed by atoms with Crippen LogP contribution in [0.5, 0.6) is 11.5 Å². The van der Waals surface area contributed by atoms with Crippen LogP contribution in [0.3, 0.4) is 0 Å². The van der Waals surface area contributed by atoms with Gasteiger partial charge in [0.15, 0.2) is 11.5 Å². The highest BCUT2D eigenvalue weighted by molar-refractivity contribution is 6.30. The van der Waals surface area contributed by atoms with Gasteiger partial charge in [0.2, 0.25) is 0 Å². The topological polar surface area (TPSA) is 43.2 Å². The number of ether oxygens (including phenoxy) is 2. The average molecular weight is 329 g/mol. The third-order valence-corrected chi connectivity index (χ3v) is 4.00.